The molecule has 15 heavy (non-hydrogen) atoms. The molecule has 2 heteroatoms. The lowest BCUT2D eigenvalue weighted by Gasteiger charge is -2.32. The molecule has 0 bridgehead atoms. The van der Waals surface area contributed by atoms with Crippen LogP contribution in [0.2, 0.25) is 0 Å². The molecule has 1 N–H and O–H groups in total. The monoisotopic (exact) mass is 210 g/mol. The molecule has 0 amide bonds. The van der Waals surface area contributed by atoms with Crippen molar-refractivity contribution in [3.63, 3.8) is 0 Å². The molecule has 1 aliphatic rings. The van der Waals surface area contributed by atoms with Crippen LogP contribution in [-0.2, 0) is 0 Å². The van der Waals surface area contributed by atoms with E-state index in [0.29, 0.717) is 6.04 Å². The third-order valence-electron chi connectivity index (χ3n) is 3.19. The minimum atomic E-state index is 0.701. The molecule has 1 aliphatic heterocycles. The number of nitrogens with zero attached hydrogens (tertiary/aromatic N) is 1. The summed E-state index contributed by atoms with van der Waals surface area (Å²) in [4.78, 5) is 2.52. The quantitative estimate of drug-likeness (QED) is 0.700. The summed E-state index contributed by atoms with van der Waals surface area (Å²) >= 11 is 0. The van der Waals surface area contributed by atoms with Gasteiger partial charge in [0.2, 0.25) is 0 Å². The fraction of sp³-hybridized carbons (Fsp3) is 0.846. The van der Waals surface area contributed by atoms with Gasteiger partial charge in [-0.1, -0.05) is 19.1 Å². The molecule has 1 saturated heterocycles. The van der Waals surface area contributed by atoms with E-state index in [9.17, 15) is 0 Å². The Balaban J connectivity index is 2.33. The van der Waals surface area contributed by atoms with Crippen LogP contribution in [0, 0.1) is 5.92 Å². The van der Waals surface area contributed by atoms with Gasteiger partial charge < -0.3 is 5.32 Å². The van der Waals surface area contributed by atoms with Gasteiger partial charge in [-0.15, -0.1) is 0 Å². The number of likely N-dealkylation sites (N-methyl/N-ethyl adjacent to an activating group) is 1. The number of hydrogen-bond donors (Lipinski definition) is 1. The van der Waals surface area contributed by atoms with Crippen molar-refractivity contribution in [2.24, 2.45) is 5.92 Å². The van der Waals surface area contributed by atoms with E-state index in [1.165, 1.54) is 31.5 Å². The first-order chi connectivity index (χ1) is 7.11. The topological polar surface area (TPSA) is 15.3 Å². The normalized spacial score (nSPS) is 26.9. The van der Waals surface area contributed by atoms with Crippen LogP contribution in [0.5, 0.6) is 0 Å². The Morgan fingerprint density at radius 2 is 2.27 bits per heavy atom. The van der Waals surface area contributed by atoms with Crippen molar-refractivity contribution < 1.29 is 0 Å². The molecule has 0 saturated carbocycles. The van der Waals surface area contributed by atoms with Gasteiger partial charge in [0.15, 0.2) is 0 Å². The lowest BCUT2D eigenvalue weighted by Crippen LogP contribution is -2.40. The summed E-state index contributed by atoms with van der Waals surface area (Å²) in [6, 6.07) is 0.701. The van der Waals surface area contributed by atoms with E-state index in [1.54, 1.807) is 0 Å². The summed E-state index contributed by atoms with van der Waals surface area (Å²) in [5, 5.41) is 3.51. The lowest BCUT2D eigenvalue weighted by atomic mass is 9.92. The van der Waals surface area contributed by atoms with Crippen LogP contribution in [0.15, 0.2) is 12.2 Å². The molecule has 1 heterocycles. The molecule has 2 atom stereocenters. The van der Waals surface area contributed by atoms with E-state index in [4.69, 9.17) is 0 Å². The molecule has 2 unspecified atom stereocenters. The number of hydrogen-bond acceptors (Lipinski definition) is 2. The minimum Gasteiger partial charge on any atom is -0.314 e. The van der Waals surface area contributed by atoms with Gasteiger partial charge in [0.05, 0.1) is 0 Å². The molecule has 0 aromatic rings. The second-order valence-corrected chi connectivity index (χ2v) is 5.03. The molecule has 88 valence electrons. The van der Waals surface area contributed by atoms with E-state index in [-0.39, 0.29) is 0 Å². The molecular weight excluding hydrogens is 184 g/mol. The predicted octanol–water partition coefficient (Wildman–Crippen LogP) is 2.27. The van der Waals surface area contributed by atoms with Gasteiger partial charge in [-0.05, 0) is 45.7 Å². The highest BCUT2D eigenvalue weighted by Gasteiger charge is 2.20. The average Bonchev–Trinajstić information content (AvgIpc) is 2.16. The Bertz CT molecular complexity index is 201. The van der Waals surface area contributed by atoms with Crippen molar-refractivity contribution in [3.8, 4) is 0 Å². The molecule has 0 aliphatic carbocycles. The first kappa shape index (κ1) is 12.7. The van der Waals surface area contributed by atoms with Gasteiger partial charge in [0, 0.05) is 19.1 Å². The molecule has 0 aromatic carbocycles. The Kier molecular flexibility index (Phi) is 5.34. The van der Waals surface area contributed by atoms with Crippen LogP contribution in [-0.4, -0.2) is 37.1 Å². The van der Waals surface area contributed by atoms with E-state index in [1.807, 2.05) is 0 Å². The summed E-state index contributed by atoms with van der Waals surface area (Å²) in [5.74, 6) is 0.876. The van der Waals surface area contributed by atoms with Crippen molar-refractivity contribution in [3.05, 3.63) is 12.2 Å². The van der Waals surface area contributed by atoms with Gasteiger partial charge in [-0.25, -0.2) is 0 Å². The second kappa shape index (κ2) is 6.29. The molecule has 1 rings (SSSR count). The Morgan fingerprint density at radius 1 is 1.53 bits per heavy atom. The summed E-state index contributed by atoms with van der Waals surface area (Å²) in [6.07, 6.45) is 2.66. The summed E-state index contributed by atoms with van der Waals surface area (Å²) in [6.45, 7) is 15.3. The van der Waals surface area contributed by atoms with Gasteiger partial charge in [0.1, 0.15) is 0 Å². The van der Waals surface area contributed by atoms with Crippen LogP contribution in [0.3, 0.4) is 0 Å². The zero-order chi connectivity index (χ0) is 11.3. The largest absolute Gasteiger partial charge is 0.314 e. The van der Waals surface area contributed by atoms with Gasteiger partial charge in [-0.3, -0.25) is 4.90 Å². The van der Waals surface area contributed by atoms with Crippen molar-refractivity contribution in [2.45, 2.75) is 39.7 Å². The van der Waals surface area contributed by atoms with Gasteiger partial charge in [0.25, 0.3) is 0 Å². The van der Waals surface area contributed by atoms with Crippen LogP contribution < -0.4 is 5.32 Å². The SMILES string of the molecule is C=C(C)CN(CC)CC1CCNC(C)C1. The van der Waals surface area contributed by atoms with Crippen LogP contribution in [0.1, 0.15) is 33.6 Å². The Morgan fingerprint density at radius 3 is 2.80 bits per heavy atom. The molecule has 2 nitrogen and oxygen atoms in total. The third-order valence-corrected chi connectivity index (χ3v) is 3.19. The molecular formula is C13H26N2. The zero-order valence-corrected chi connectivity index (χ0v) is 10.6. The Labute approximate surface area is 94.7 Å². The second-order valence-electron chi connectivity index (χ2n) is 5.03. The van der Waals surface area contributed by atoms with Gasteiger partial charge >= 0.3 is 0 Å². The maximum Gasteiger partial charge on any atom is 0.0187 e. The van der Waals surface area contributed by atoms with Gasteiger partial charge in [-0.2, -0.15) is 0 Å². The van der Waals surface area contributed by atoms with Crippen molar-refractivity contribution in [1.29, 1.82) is 0 Å². The maximum atomic E-state index is 4.00. The molecule has 0 radical (unpaired) electrons. The van der Waals surface area contributed by atoms with Crippen LogP contribution in [0.25, 0.3) is 0 Å². The van der Waals surface area contributed by atoms with Crippen molar-refractivity contribution in [1.82, 2.24) is 10.2 Å². The summed E-state index contributed by atoms with van der Waals surface area (Å²) in [5.41, 5.74) is 1.28. The summed E-state index contributed by atoms with van der Waals surface area (Å²) in [7, 11) is 0. The molecule has 0 aromatic heterocycles. The van der Waals surface area contributed by atoms with E-state index in [2.05, 4.69) is 37.6 Å². The number of piperidine rings is 1. The van der Waals surface area contributed by atoms with Crippen molar-refractivity contribution in [2.75, 3.05) is 26.2 Å². The lowest BCUT2D eigenvalue weighted by molar-refractivity contribution is 0.209. The van der Waals surface area contributed by atoms with Crippen molar-refractivity contribution >= 4 is 0 Å². The molecule has 1 fully saturated rings. The number of rotatable bonds is 5. The fourth-order valence-corrected chi connectivity index (χ4v) is 2.45. The van der Waals surface area contributed by atoms with E-state index < -0.39 is 0 Å². The highest BCUT2D eigenvalue weighted by molar-refractivity contribution is 4.92. The summed E-state index contributed by atoms with van der Waals surface area (Å²) < 4.78 is 0. The number of nitrogens with one attached hydrogen (secondary N) is 1. The Hall–Kier alpha value is -0.340. The molecule has 0 spiro atoms. The highest BCUT2D eigenvalue weighted by atomic mass is 15.1. The fourth-order valence-electron chi connectivity index (χ4n) is 2.45. The third kappa shape index (κ3) is 4.80. The maximum absolute atomic E-state index is 4.00. The average molecular weight is 210 g/mol. The first-order valence-corrected chi connectivity index (χ1v) is 6.22. The van der Waals surface area contributed by atoms with Crippen LogP contribution in [0.4, 0.5) is 0 Å². The smallest absolute Gasteiger partial charge is 0.0187 e. The highest BCUT2D eigenvalue weighted by Crippen LogP contribution is 2.17. The van der Waals surface area contributed by atoms with E-state index in [0.717, 1.165) is 19.0 Å². The first-order valence-electron chi connectivity index (χ1n) is 6.22. The minimum absolute atomic E-state index is 0.701. The van der Waals surface area contributed by atoms with E-state index >= 15 is 0 Å². The zero-order valence-electron chi connectivity index (χ0n) is 10.6. The standard InChI is InChI=1S/C13H26N2/c1-5-15(9-11(2)3)10-13-6-7-14-12(4)8-13/h12-14H,2,5-10H2,1,3-4H3. The predicted molar refractivity (Wildman–Crippen MR) is 67.1 cm³/mol. The van der Waals surface area contributed by atoms with Crippen LogP contribution >= 0.6 is 0 Å².